The lowest BCUT2D eigenvalue weighted by molar-refractivity contribution is 1.17. The molecule has 0 unspecified atom stereocenters. The van der Waals surface area contributed by atoms with Crippen molar-refractivity contribution in [2.24, 2.45) is 0 Å². The number of thiophene rings is 1. The molecule has 0 saturated carbocycles. The molecule has 0 fully saturated rings. The third-order valence-electron chi connectivity index (χ3n) is 11.0. The molecule has 55 heavy (non-hydrogen) atoms. The number of para-hydroxylation sites is 3. The molecule has 0 spiro atoms. The van der Waals surface area contributed by atoms with E-state index in [0.29, 0.717) is 0 Å². The monoisotopic (exact) mass is 718 g/mol. The largest absolute Gasteiger partial charge is 0.308 e. The van der Waals surface area contributed by atoms with Gasteiger partial charge in [-0.05, 0) is 99.8 Å². The normalized spacial score (nSPS) is 11.6. The van der Waals surface area contributed by atoms with Crippen LogP contribution >= 0.6 is 11.3 Å². The first-order chi connectivity index (χ1) is 27.3. The predicted octanol–water partition coefficient (Wildman–Crippen LogP) is 15.1. The molecule has 2 aromatic heterocycles. The molecule has 9 aromatic carbocycles. The zero-order chi connectivity index (χ0) is 36.3. The quantitative estimate of drug-likeness (QED) is 0.166. The van der Waals surface area contributed by atoms with Crippen LogP contribution in [0.25, 0.3) is 80.7 Å². The van der Waals surface area contributed by atoms with Crippen LogP contribution < -0.4 is 4.90 Å². The van der Waals surface area contributed by atoms with Crippen LogP contribution in [0.15, 0.2) is 206 Å². The van der Waals surface area contributed by atoms with Crippen LogP contribution in [0.5, 0.6) is 0 Å². The molecule has 11 rings (SSSR count). The second-order valence-electron chi connectivity index (χ2n) is 14.1. The lowest BCUT2D eigenvalue weighted by atomic mass is 9.98. The van der Waals surface area contributed by atoms with E-state index >= 15 is 0 Å². The summed E-state index contributed by atoms with van der Waals surface area (Å²) >= 11 is 1.87. The minimum atomic E-state index is 1.10. The smallest absolute Gasteiger partial charge is 0.0782 e. The maximum atomic E-state index is 2.42. The minimum Gasteiger partial charge on any atom is -0.308 e. The summed E-state index contributed by atoms with van der Waals surface area (Å²) in [5.41, 5.74) is 11.6. The third-order valence-corrected chi connectivity index (χ3v) is 12.1. The standard InChI is InChI=1S/C52H34N2S/c1-3-12-35(13-4-1)36-22-28-41(29-23-36)53(48-20-11-18-45-44-16-7-9-19-47(44)54(52(45)48)40-14-5-2-6-15-40)42-30-24-37(25-31-42)38-26-32-43-39(34-38)27-33-50-51(43)46-17-8-10-21-49(46)55-50/h1-34H. The van der Waals surface area contributed by atoms with Gasteiger partial charge in [0.2, 0.25) is 0 Å². The van der Waals surface area contributed by atoms with E-state index in [4.69, 9.17) is 0 Å². The molecule has 3 heteroatoms. The Balaban J connectivity index is 1.07. The average molecular weight is 719 g/mol. The zero-order valence-electron chi connectivity index (χ0n) is 29.9. The van der Waals surface area contributed by atoms with Crippen molar-refractivity contribution in [3.8, 4) is 27.9 Å². The second-order valence-corrected chi connectivity index (χ2v) is 15.2. The van der Waals surface area contributed by atoms with Gasteiger partial charge in [-0.25, -0.2) is 0 Å². The maximum absolute atomic E-state index is 2.42. The number of rotatable bonds is 6. The van der Waals surface area contributed by atoms with Crippen LogP contribution in [0.3, 0.4) is 0 Å². The number of benzene rings is 9. The summed E-state index contributed by atoms with van der Waals surface area (Å²) in [6.45, 7) is 0. The van der Waals surface area contributed by atoms with E-state index in [9.17, 15) is 0 Å². The molecular weight excluding hydrogens is 685 g/mol. The first kappa shape index (κ1) is 31.6. The lowest BCUT2D eigenvalue weighted by Gasteiger charge is -2.27. The van der Waals surface area contributed by atoms with Gasteiger partial charge in [-0.15, -0.1) is 11.3 Å². The van der Waals surface area contributed by atoms with Crippen LogP contribution in [0.1, 0.15) is 0 Å². The van der Waals surface area contributed by atoms with Crippen molar-refractivity contribution in [3.05, 3.63) is 206 Å². The second kappa shape index (κ2) is 12.9. The van der Waals surface area contributed by atoms with E-state index < -0.39 is 0 Å². The highest BCUT2D eigenvalue weighted by Crippen LogP contribution is 2.44. The van der Waals surface area contributed by atoms with Crippen molar-refractivity contribution in [3.63, 3.8) is 0 Å². The number of hydrogen-bond acceptors (Lipinski definition) is 2. The molecule has 0 aliphatic heterocycles. The Bertz CT molecular complexity index is 3180. The Labute approximate surface area is 323 Å². The topological polar surface area (TPSA) is 8.17 Å². The number of anilines is 3. The molecule has 0 amide bonds. The van der Waals surface area contributed by atoms with Crippen LogP contribution in [0.4, 0.5) is 17.1 Å². The first-order valence-corrected chi connectivity index (χ1v) is 19.6. The van der Waals surface area contributed by atoms with Crippen molar-refractivity contribution in [1.29, 1.82) is 0 Å². The Morgan fingerprint density at radius 1 is 0.382 bits per heavy atom. The molecule has 2 nitrogen and oxygen atoms in total. The van der Waals surface area contributed by atoms with Gasteiger partial charge in [0.25, 0.3) is 0 Å². The summed E-state index contributed by atoms with van der Waals surface area (Å²) in [7, 11) is 0. The Morgan fingerprint density at radius 3 is 1.75 bits per heavy atom. The molecule has 0 radical (unpaired) electrons. The van der Waals surface area contributed by atoms with Crippen molar-refractivity contribution < 1.29 is 0 Å². The summed E-state index contributed by atoms with van der Waals surface area (Å²) < 4.78 is 5.09. The molecule has 0 aliphatic carbocycles. The Morgan fingerprint density at radius 2 is 0.982 bits per heavy atom. The fourth-order valence-electron chi connectivity index (χ4n) is 8.42. The number of nitrogens with zero attached hydrogens (tertiary/aromatic N) is 2. The predicted molar refractivity (Wildman–Crippen MR) is 237 cm³/mol. The molecular formula is C52H34N2S. The fraction of sp³-hybridized carbons (Fsp3) is 0. The fourth-order valence-corrected chi connectivity index (χ4v) is 9.54. The Kier molecular flexibility index (Phi) is 7.39. The summed E-state index contributed by atoms with van der Waals surface area (Å²) in [6.07, 6.45) is 0. The van der Waals surface area contributed by atoms with Crippen LogP contribution in [-0.2, 0) is 0 Å². The summed E-state index contributed by atoms with van der Waals surface area (Å²) in [5.74, 6) is 0. The third kappa shape index (κ3) is 5.24. The molecule has 258 valence electrons. The number of aromatic nitrogens is 1. The zero-order valence-corrected chi connectivity index (χ0v) is 30.7. The highest BCUT2D eigenvalue weighted by atomic mass is 32.1. The van der Waals surface area contributed by atoms with Crippen molar-refractivity contribution in [2.75, 3.05) is 4.90 Å². The van der Waals surface area contributed by atoms with Gasteiger partial charge in [0.15, 0.2) is 0 Å². The van der Waals surface area contributed by atoms with Gasteiger partial charge in [0.05, 0.1) is 16.7 Å². The first-order valence-electron chi connectivity index (χ1n) is 18.8. The minimum absolute atomic E-state index is 1.10. The van der Waals surface area contributed by atoms with Crippen LogP contribution in [0, 0.1) is 0 Å². The highest BCUT2D eigenvalue weighted by molar-refractivity contribution is 7.26. The van der Waals surface area contributed by atoms with E-state index in [-0.39, 0.29) is 0 Å². The van der Waals surface area contributed by atoms with Crippen molar-refractivity contribution in [1.82, 2.24) is 4.57 Å². The van der Waals surface area contributed by atoms with Gasteiger partial charge >= 0.3 is 0 Å². The van der Waals surface area contributed by atoms with Gasteiger partial charge in [-0.3, -0.25) is 0 Å². The van der Waals surface area contributed by atoms with Gasteiger partial charge < -0.3 is 9.47 Å². The Hall–Kier alpha value is -6.94. The molecule has 2 heterocycles. The van der Waals surface area contributed by atoms with E-state index in [1.807, 2.05) is 11.3 Å². The summed E-state index contributed by atoms with van der Waals surface area (Å²) in [6, 6.07) is 75.1. The average Bonchev–Trinajstić information content (AvgIpc) is 3.81. The molecule has 0 aliphatic rings. The number of fused-ring (bicyclic) bond motifs is 8. The highest BCUT2D eigenvalue weighted by Gasteiger charge is 2.21. The molecule has 0 bridgehead atoms. The van der Waals surface area contributed by atoms with E-state index in [1.165, 1.54) is 75.0 Å². The molecule has 0 saturated heterocycles. The van der Waals surface area contributed by atoms with Gasteiger partial charge in [-0.1, -0.05) is 140 Å². The molecule has 0 atom stereocenters. The number of hydrogen-bond donors (Lipinski definition) is 0. The van der Waals surface area contributed by atoms with Gasteiger partial charge in [-0.2, -0.15) is 0 Å². The van der Waals surface area contributed by atoms with Gasteiger partial charge in [0, 0.05) is 48.0 Å². The lowest BCUT2D eigenvalue weighted by Crippen LogP contribution is -2.11. The van der Waals surface area contributed by atoms with Crippen molar-refractivity contribution >= 4 is 81.1 Å². The van der Waals surface area contributed by atoms with Crippen LogP contribution in [-0.4, -0.2) is 4.57 Å². The van der Waals surface area contributed by atoms with Gasteiger partial charge in [0.1, 0.15) is 0 Å². The van der Waals surface area contributed by atoms with Crippen LogP contribution in [0.2, 0.25) is 0 Å². The molecule has 0 N–H and O–H groups in total. The van der Waals surface area contributed by atoms with Crippen molar-refractivity contribution in [2.45, 2.75) is 0 Å². The van der Waals surface area contributed by atoms with E-state index in [1.54, 1.807) is 0 Å². The summed E-state index contributed by atoms with van der Waals surface area (Å²) in [5, 5.41) is 7.73. The summed E-state index contributed by atoms with van der Waals surface area (Å²) in [4.78, 5) is 2.41. The van der Waals surface area contributed by atoms with E-state index in [0.717, 1.165) is 22.7 Å². The maximum Gasteiger partial charge on any atom is 0.0782 e. The SMILES string of the molecule is c1ccc(-c2ccc(N(c3ccc(-c4ccc5c(ccc6sc7ccccc7c65)c4)cc3)c3cccc4c5ccccc5n(-c5ccccc5)c34)cc2)cc1. The van der Waals surface area contributed by atoms with E-state index in [2.05, 4.69) is 216 Å². The molecule has 11 aromatic rings.